The number of hydrogen-bond donors (Lipinski definition) is 1. The monoisotopic (exact) mass is 567 g/mol. The molecule has 39 heavy (non-hydrogen) atoms. The van der Waals surface area contributed by atoms with Crippen LogP contribution in [-0.4, -0.2) is 43.8 Å². The van der Waals surface area contributed by atoms with Gasteiger partial charge in [0.05, 0.1) is 10.6 Å². The van der Waals surface area contributed by atoms with E-state index >= 15 is 0 Å². The van der Waals surface area contributed by atoms with Gasteiger partial charge in [-0.05, 0) is 74.2 Å². The van der Waals surface area contributed by atoms with Crippen LogP contribution in [0.25, 0.3) is 0 Å². The van der Waals surface area contributed by atoms with Crippen LogP contribution < -0.4 is 9.62 Å². The number of carbonyl (C=O) groups is 2. The molecule has 0 bridgehead atoms. The minimum atomic E-state index is -4.12. The van der Waals surface area contributed by atoms with Crippen molar-refractivity contribution in [2.24, 2.45) is 0 Å². The first kappa shape index (κ1) is 28.6. The quantitative estimate of drug-likeness (QED) is 0.359. The normalized spacial score (nSPS) is 14.5. The van der Waals surface area contributed by atoms with Crippen LogP contribution in [0.5, 0.6) is 0 Å². The van der Waals surface area contributed by atoms with Crippen molar-refractivity contribution < 1.29 is 18.0 Å². The lowest BCUT2D eigenvalue weighted by Gasteiger charge is -2.32. The molecular weight excluding hydrogens is 534 g/mol. The van der Waals surface area contributed by atoms with Crippen molar-refractivity contribution in [1.29, 1.82) is 0 Å². The summed E-state index contributed by atoms with van der Waals surface area (Å²) >= 11 is 5.99. The van der Waals surface area contributed by atoms with E-state index in [0.717, 1.165) is 41.1 Å². The van der Waals surface area contributed by atoms with Gasteiger partial charge in [-0.25, -0.2) is 8.42 Å². The second kappa shape index (κ2) is 12.7. The number of rotatable bonds is 10. The van der Waals surface area contributed by atoms with Gasteiger partial charge < -0.3 is 10.2 Å². The molecule has 2 amide bonds. The number of anilines is 1. The van der Waals surface area contributed by atoms with Crippen LogP contribution in [0.2, 0.25) is 5.02 Å². The molecule has 0 aliphatic heterocycles. The fourth-order valence-corrected chi connectivity index (χ4v) is 6.34. The Labute approximate surface area is 235 Å². The van der Waals surface area contributed by atoms with E-state index in [1.165, 1.54) is 29.2 Å². The standard InChI is InChI=1S/C30H34ClN3O4S/c1-22-10-6-7-11-24(22)20-33(23(2)30(36)32-26-12-8-9-13-26)29(35)21-34(27-14-4-3-5-15-27)39(37,38)28-18-16-25(31)17-19-28/h3-7,10-11,14-19,23,26H,8-9,12-13,20-21H2,1-2H3,(H,32,36)/t23-/m1/s1. The molecule has 0 saturated heterocycles. The smallest absolute Gasteiger partial charge is 0.264 e. The summed E-state index contributed by atoms with van der Waals surface area (Å²) in [5.74, 6) is -0.718. The average Bonchev–Trinajstić information content (AvgIpc) is 3.44. The molecule has 206 valence electrons. The number of sulfonamides is 1. The second-order valence-corrected chi connectivity index (χ2v) is 12.2. The number of aryl methyl sites for hydroxylation is 1. The first-order valence-electron chi connectivity index (χ1n) is 13.1. The lowest BCUT2D eigenvalue weighted by atomic mass is 10.1. The topological polar surface area (TPSA) is 86.8 Å². The molecule has 1 aliphatic carbocycles. The average molecular weight is 568 g/mol. The van der Waals surface area contributed by atoms with Gasteiger partial charge in [0.25, 0.3) is 10.0 Å². The fraction of sp³-hybridized carbons (Fsp3) is 0.333. The third-order valence-corrected chi connectivity index (χ3v) is 9.24. The van der Waals surface area contributed by atoms with Crippen LogP contribution in [0.4, 0.5) is 5.69 Å². The molecule has 1 atom stereocenters. The molecule has 1 saturated carbocycles. The Balaban J connectivity index is 1.67. The van der Waals surface area contributed by atoms with Crippen molar-refractivity contribution in [3.05, 3.63) is 95.0 Å². The van der Waals surface area contributed by atoms with Crippen molar-refractivity contribution in [3.8, 4) is 0 Å². The van der Waals surface area contributed by atoms with E-state index in [4.69, 9.17) is 11.6 Å². The molecule has 0 aromatic heterocycles. The molecular formula is C30H34ClN3O4S. The zero-order chi connectivity index (χ0) is 28.0. The van der Waals surface area contributed by atoms with Crippen LogP contribution in [0.3, 0.4) is 0 Å². The summed E-state index contributed by atoms with van der Waals surface area (Å²) in [6.45, 7) is 3.35. The summed E-state index contributed by atoms with van der Waals surface area (Å²) in [5.41, 5.74) is 2.21. The van der Waals surface area contributed by atoms with E-state index in [1.54, 1.807) is 37.3 Å². The van der Waals surface area contributed by atoms with Crippen molar-refractivity contribution >= 4 is 39.1 Å². The van der Waals surface area contributed by atoms with E-state index in [0.29, 0.717) is 10.7 Å². The third-order valence-electron chi connectivity index (χ3n) is 7.20. The maximum Gasteiger partial charge on any atom is 0.264 e. The maximum atomic E-state index is 14.0. The van der Waals surface area contributed by atoms with E-state index in [1.807, 2.05) is 31.2 Å². The van der Waals surface area contributed by atoms with E-state index in [2.05, 4.69) is 5.32 Å². The molecule has 7 nitrogen and oxygen atoms in total. The summed E-state index contributed by atoms with van der Waals surface area (Å²) in [6, 6.07) is 21.3. The van der Waals surface area contributed by atoms with Crippen LogP contribution in [0.1, 0.15) is 43.7 Å². The van der Waals surface area contributed by atoms with E-state index in [9.17, 15) is 18.0 Å². The summed E-state index contributed by atoms with van der Waals surface area (Å²) < 4.78 is 28.7. The van der Waals surface area contributed by atoms with Crippen LogP contribution in [0, 0.1) is 6.92 Å². The zero-order valence-corrected chi connectivity index (χ0v) is 23.8. The van der Waals surface area contributed by atoms with Gasteiger partial charge in [-0.1, -0.05) is 66.9 Å². The van der Waals surface area contributed by atoms with E-state index in [-0.39, 0.29) is 23.4 Å². The molecule has 4 rings (SSSR count). The SMILES string of the molecule is Cc1ccccc1CN(C(=O)CN(c1ccccc1)S(=O)(=O)c1ccc(Cl)cc1)[C@H](C)C(=O)NC1CCCC1. The lowest BCUT2D eigenvalue weighted by molar-refractivity contribution is -0.139. The molecule has 0 heterocycles. The summed E-state index contributed by atoms with van der Waals surface area (Å²) in [5, 5.41) is 3.49. The lowest BCUT2D eigenvalue weighted by Crippen LogP contribution is -2.52. The van der Waals surface area contributed by atoms with Gasteiger partial charge in [0.2, 0.25) is 11.8 Å². The van der Waals surface area contributed by atoms with Gasteiger partial charge in [-0.15, -0.1) is 0 Å². The van der Waals surface area contributed by atoms with Crippen molar-refractivity contribution in [1.82, 2.24) is 10.2 Å². The number of hydrogen-bond acceptors (Lipinski definition) is 4. The highest BCUT2D eigenvalue weighted by Gasteiger charge is 2.33. The number of halogens is 1. The number of nitrogens with one attached hydrogen (secondary N) is 1. The largest absolute Gasteiger partial charge is 0.352 e. The molecule has 0 unspecified atom stereocenters. The van der Waals surface area contributed by atoms with Crippen LogP contribution >= 0.6 is 11.6 Å². The number of nitrogens with zero attached hydrogens (tertiary/aromatic N) is 2. The van der Waals surface area contributed by atoms with Gasteiger partial charge >= 0.3 is 0 Å². The second-order valence-electron chi connectivity index (χ2n) is 9.92. The minimum absolute atomic E-state index is 0.0148. The molecule has 9 heteroatoms. The first-order chi connectivity index (χ1) is 18.7. The molecule has 1 N–H and O–H groups in total. The first-order valence-corrected chi connectivity index (χ1v) is 15.0. The van der Waals surface area contributed by atoms with Gasteiger partial charge in [0.1, 0.15) is 12.6 Å². The van der Waals surface area contributed by atoms with Crippen LogP contribution in [-0.2, 0) is 26.2 Å². The van der Waals surface area contributed by atoms with E-state index < -0.39 is 28.5 Å². The summed E-state index contributed by atoms with van der Waals surface area (Å²) in [4.78, 5) is 28.7. The third kappa shape index (κ3) is 6.99. The van der Waals surface area contributed by atoms with Gasteiger partial charge in [-0.3, -0.25) is 13.9 Å². The molecule has 0 spiro atoms. The maximum absolute atomic E-state index is 14.0. The van der Waals surface area contributed by atoms with Crippen molar-refractivity contribution in [2.75, 3.05) is 10.8 Å². The summed E-state index contributed by atoms with van der Waals surface area (Å²) in [6.07, 6.45) is 3.98. The molecule has 1 aliphatic rings. The molecule has 0 radical (unpaired) electrons. The Bertz CT molecular complexity index is 1390. The van der Waals surface area contributed by atoms with Gasteiger partial charge in [0.15, 0.2) is 0 Å². The summed E-state index contributed by atoms with van der Waals surface area (Å²) in [7, 11) is -4.12. The van der Waals surface area contributed by atoms with Gasteiger partial charge in [0, 0.05) is 17.6 Å². The number of amides is 2. The predicted molar refractivity (Wildman–Crippen MR) is 154 cm³/mol. The number of para-hydroxylation sites is 1. The van der Waals surface area contributed by atoms with Crippen molar-refractivity contribution in [2.45, 2.75) is 63.1 Å². The Morgan fingerprint density at radius 3 is 2.21 bits per heavy atom. The fourth-order valence-electron chi connectivity index (χ4n) is 4.80. The Morgan fingerprint density at radius 2 is 1.56 bits per heavy atom. The predicted octanol–water partition coefficient (Wildman–Crippen LogP) is 5.32. The highest BCUT2D eigenvalue weighted by atomic mass is 35.5. The van der Waals surface area contributed by atoms with Gasteiger partial charge in [-0.2, -0.15) is 0 Å². The molecule has 3 aromatic rings. The Morgan fingerprint density at radius 1 is 0.949 bits per heavy atom. The minimum Gasteiger partial charge on any atom is -0.352 e. The number of carbonyl (C=O) groups excluding carboxylic acids is 2. The highest BCUT2D eigenvalue weighted by molar-refractivity contribution is 7.92. The molecule has 1 fully saturated rings. The highest BCUT2D eigenvalue weighted by Crippen LogP contribution is 2.26. The van der Waals surface area contributed by atoms with Crippen molar-refractivity contribution in [3.63, 3.8) is 0 Å². The zero-order valence-electron chi connectivity index (χ0n) is 22.2. The number of benzene rings is 3. The van der Waals surface area contributed by atoms with Crippen LogP contribution in [0.15, 0.2) is 83.8 Å². The Kier molecular flexibility index (Phi) is 9.30. The molecule has 3 aromatic carbocycles. The Hall–Kier alpha value is -3.36.